The third-order valence-corrected chi connectivity index (χ3v) is 5.91. The Morgan fingerprint density at radius 2 is 1.91 bits per heavy atom. The molecule has 5 nitrogen and oxygen atoms in total. The summed E-state index contributed by atoms with van der Waals surface area (Å²) in [5.74, 6) is 0.295. The molecule has 1 aliphatic heterocycles. The van der Waals surface area contributed by atoms with Crippen molar-refractivity contribution in [3.05, 3.63) is 29.8 Å². The molecule has 0 aliphatic carbocycles. The van der Waals surface area contributed by atoms with Crippen molar-refractivity contribution in [2.45, 2.75) is 19.8 Å². The number of hydrogen-bond donors (Lipinski definition) is 1. The van der Waals surface area contributed by atoms with Crippen molar-refractivity contribution in [2.75, 3.05) is 36.5 Å². The molecule has 0 aromatic heterocycles. The van der Waals surface area contributed by atoms with Crippen molar-refractivity contribution < 1.29 is 13.2 Å². The second-order valence-corrected chi connectivity index (χ2v) is 8.13. The molecule has 0 radical (unpaired) electrons. The van der Waals surface area contributed by atoms with Gasteiger partial charge in [0.05, 0.1) is 11.5 Å². The van der Waals surface area contributed by atoms with Crippen LogP contribution in [0.2, 0.25) is 0 Å². The van der Waals surface area contributed by atoms with E-state index in [-0.39, 0.29) is 23.3 Å². The lowest BCUT2D eigenvalue weighted by Crippen LogP contribution is -2.44. The predicted octanol–water partition coefficient (Wildman–Crippen LogP) is 1.70. The average Bonchev–Trinajstić information content (AvgIpc) is 2.48. The van der Waals surface area contributed by atoms with Gasteiger partial charge in [-0.25, -0.2) is 8.42 Å². The van der Waals surface area contributed by atoms with E-state index in [0.717, 1.165) is 25.1 Å². The number of unbranched alkanes of at least 4 members (excludes halogenated alkanes) is 1. The molecule has 0 spiro atoms. The zero-order chi connectivity index (χ0) is 16.2. The molecule has 2 rings (SSSR count). The van der Waals surface area contributed by atoms with Crippen molar-refractivity contribution in [3.63, 3.8) is 0 Å². The molecule has 1 aromatic rings. The average molecular weight is 324 g/mol. The summed E-state index contributed by atoms with van der Waals surface area (Å²) in [6, 6.07) is 7.51. The normalized spacial score (nSPS) is 16.8. The number of amides is 1. The maximum Gasteiger partial charge on any atom is 0.251 e. The fraction of sp³-hybridized carbons (Fsp3) is 0.562. The number of benzene rings is 1. The first kappa shape index (κ1) is 16.8. The Balaban J connectivity index is 1.83. The van der Waals surface area contributed by atoms with Gasteiger partial charge in [0.15, 0.2) is 9.84 Å². The Morgan fingerprint density at radius 3 is 2.45 bits per heavy atom. The molecule has 1 saturated heterocycles. The van der Waals surface area contributed by atoms with Crippen LogP contribution in [0.4, 0.5) is 5.69 Å². The maximum absolute atomic E-state index is 12.0. The van der Waals surface area contributed by atoms with Crippen LogP contribution in [0, 0.1) is 5.92 Å². The van der Waals surface area contributed by atoms with E-state index in [1.807, 2.05) is 31.3 Å². The molecule has 1 amide bonds. The van der Waals surface area contributed by atoms with Gasteiger partial charge in [-0.1, -0.05) is 13.3 Å². The van der Waals surface area contributed by atoms with Gasteiger partial charge in [-0.05, 0) is 30.7 Å². The van der Waals surface area contributed by atoms with Crippen LogP contribution in [0.15, 0.2) is 24.3 Å². The highest BCUT2D eigenvalue weighted by atomic mass is 32.2. The van der Waals surface area contributed by atoms with Gasteiger partial charge in [0.1, 0.15) is 0 Å². The Kier molecular flexibility index (Phi) is 5.45. The fourth-order valence-electron chi connectivity index (χ4n) is 2.52. The van der Waals surface area contributed by atoms with E-state index in [4.69, 9.17) is 0 Å². The maximum atomic E-state index is 12.0. The molecule has 22 heavy (non-hydrogen) atoms. The zero-order valence-electron chi connectivity index (χ0n) is 13.2. The summed E-state index contributed by atoms with van der Waals surface area (Å²) < 4.78 is 22.1. The minimum atomic E-state index is -2.82. The first-order chi connectivity index (χ1) is 10.4. The number of nitrogens with zero attached hydrogens (tertiary/aromatic N) is 1. The summed E-state index contributed by atoms with van der Waals surface area (Å²) >= 11 is 0. The van der Waals surface area contributed by atoms with Gasteiger partial charge in [0, 0.05) is 37.3 Å². The molecule has 1 fully saturated rings. The Morgan fingerprint density at radius 1 is 1.27 bits per heavy atom. The van der Waals surface area contributed by atoms with Crippen LogP contribution in [0.3, 0.4) is 0 Å². The topological polar surface area (TPSA) is 66.5 Å². The minimum Gasteiger partial charge on any atom is -0.375 e. The van der Waals surface area contributed by atoms with Crippen molar-refractivity contribution in [2.24, 2.45) is 5.92 Å². The van der Waals surface area contributed by atoms with Gasteiger partial charge in [-0.15, -0.1) is 0 Å². The van der Waals surface area contributed by atoms with E-state index in [1.165, 1.54) is 0 Å². The smallest absolute Gasteiger partial charge is 0.251 e. The summed E-state index contributed by atoms with van der Waals surface area (Å²) in [5.41, 5.74) is 1.70. The van der Waals surface area contributed by atoms with Gasteiger partial charge in [0.2, 0.25) is 0 Å². The molecule has 0 bridgehead atoms. The third-order valence-electron chi connectivity index (χ3n) is 3.95. The van der Waals surface area contributed by atoms with Crippen LogP contribution in [0.5, 0.6) is 0 Å². The Labute approximate surface area is 132 Å². The summed E-state index contributed by atoms with van der Waals surface area (Å²) in [6.45, 7) is 3.59. The van der Waals surface area contributed by atoms with Gasteiger partial charge < -0.3 is 10.2 Å². The Hall–Kier alpha value is -1.56. The molecule has 6 heteroatoms. The molecule has 0 unspecified atom stereocenters. The standard InChI is InChI=1S/C16H24N2O3S/c1-3-4-9-18(2)15-7-5-14(6-8-15)16(19)17-10-13-11-22(20,21)12-13/h5-8,13H,3-4,9-12H2,1-2H3,(H,17,19). The second kappa shape index (κ2) is 7.13. The number of rotatable bonds is 7. The monoisotopic (exact) mass is 324 g/mol. The number of hydrogen-bond acceptors (Lipinski definition) is 4. The second-order valence-electron chi connectivity index (χ2n) is 5.97. The molecule has 1 aliphatic rings. The summed E-state index contributed by atoms with van der Waals surface area (Å²) in [7, 11) is -0.779. The van der Waals surface area contributed by atoms with Crippen molar-refractivity contribution in [1.82, 2.24) is 5.32 Å². The highest BCUT2D eigenvalue weighted by Gasteiger charge is 2.33. The van der Waals surface area contributed by atoms with Gasteiger partial charge >= 0.3 is 0 Å². The van der Waals surface area contributed by atoms with Crippen molar-refractivity contribution in [3.8, 4) is 0 Å². The quantitative estimate of drug-likeness (QED) is 0.829. The molecular weight excluding hydrogens is 300 g/mol. The highest BCUT2D eigenvalue weighted by molar-refractivity contribution is 7.92. The van der Waals surface area contributed by atoms with E-state index in [1.54, 1.807) is 0 Å². The lowest BCUT2D eigenvalue weighted by molar-refractivity contribution is 0.0948. The SMILES string of the molecule is CCCCN(C)c1ccc(C(=O)NCC2CS(=O)(=O)C2)cc1. The number of sulfone groups is 1. The Bertz CT molecular complexity index is 599. The van der Waals surface area contributed by atoms with E-state index >= 15 is 0 Å². The van der Waals surface area contributed by atoms with E-state index in [9.17, 15) is 13.2 Å². The summed E-state index contributed by atoms with van der Waals surface area (Å²) in [6.07, 6.45) is 2.30. The largest absolute Gasteiger partial charge is 0.375 e. The first-order valence-corrected chi connectivity index (χ1v) is 9.53. The fourth-order valence-corrected chi connectivity index (χ4v) is 4.09. The number of nitrogens with one attached hydrogen (secondary N) is 1. The minimum absolute atomic E-state index is 0.0633. The molecular formula is C16H24N2O3S. The molecule has 1 aromatic carbocycles. The van der Waals surface area contributed by atoms with Gasteiger partial charge in [0.25, 0.3) is 5.91 Å². The van der Waals surface area contributed by atoms with Crippen LogP contribution in [-0.4, -0.2) is 46.0 Å². The van der Waals surface area contributed by atoms with Crippen LogP contribution < -0.4 is 10.2 Å². The molecule has 1 N–H and O–H groups in total. The molecule has 1 heterocycles. The van der Waals surface area contributed by atoms with Crippen molar-refractivity contribution >= 4 is 21.4 Å². The first-order valence-electron chi connectivity index (χ1n) is 7.71. The van der Waals surface area contributed by atoms with Gasteiger partial charge in [-0.2, -0.15) is 0 Å². The predicted molar refractivity (Wildman–Crippen MR) is 89.1 cm³/mol. The lowest BCUT2D eigenvalue weighted by Gasteiger charge is -2.25. The van der Waals surface area contributed by atoms with Crippen LogP contribution in [0.25, 0.3) is 0 Å². The zero-order valence-corrected chi connectivity index (χ0v) is 14.0. The number of anilines is 1. The molecule has 122 valence electrons. The highest BCUT2D eigenvalue weighted by Crippen LogP contribution is 2.18. The number of carbonyl (C=O) groups is 1. The van der Waals surface area contributed by atoms with Crippen LogP contribution in [-0.2, 0) is 9.84 Å². The lowest BCUT2D eigenvalue weighted by atomic mass is 10.1. The van der Waals surface area contributed by atoms with Crippen LogP contribution >= 0.6 is 0 Å². The summed E-state index contributed by atoms with van der Waals surface area (Å²) in [4.78, 5) is 14.2. The van der Waals surface area contributed by atoms with E-state index in [2.05, 4.69) is 17.1 Å². The number of carbonyl (C=O) groups excluding carboxylic acids is 1. The molecule has 0 atom stereocenters. The van der Waals surface area contributed by atoms with E-state index in [0.29, 0.717) is 12.1 Å². The molecule has 0 saturated carbocycles. The van der Waals surface area contributed by atoms with Crippen molar-refractivity contribution in [1.29, 1.82) is 0 Å². The van der Waals surface area contributed by atoms with E-state index < -0.39 is 9.84 Å². The third kappa shape index (κ3) is 4.47. The summed E-state index contributed by atoms with van der Waals surface area (Å²) in [5, 5.41) is 2.80. The van der Waals surface area contributed by atoms with Gasteiger partial charge in [-0.3, -0.25) is 4.79 Å². The van der Waals surface area contributed by atoms with Crippen LogP contribution in [0.1, 0.15) is 30.1 Å².